The van der Waals surface area contributed by atoms with Crippen LogP contribution in [-0.4, -0.2) is 23.9 Å². The highest BCUT2D eigenvalue weighted by atomic mass is 19.1. The van der Waals surface area contributed by atoms with Crippen molar-refractivity contribution in [3.8, 4) is 0 Å². The Labute approximate surface area is 129 Å². The molecule has 0 radical (unpaired) electrons. The Hall–Kier alpha value is -2.17. The van der Waals surface area contributed by atoms with Crippen LogP contribution in [-0.2, 0) is 20.9 Å². The number of hydrogen-bond donors (Lipinski definition) is 0. The average Bonchev–Trinajstić information content (AvgIpc) is 2.54. The van der Waals surface area contributed by atoms with Crippen molar-refractivity contribution < 1.29 is 18.7 Å². The highest BCUT2D eigenvalue weighted by Crippen LogP contribution is 2.23. The maximum Gasteiger partial charge on any atom is 0.315 e. The average molecular weight is 305 g/mol. The van der Waals surface area contributed by atoms with E-state index in [2.05, 4.69) is 4.74 Å². The lowest BCUT2D eigenvalue weighted by atomic mass is 10.0. The van der Waals surface area contributed by atoms with Gasteiger partial charge >= 0.3 is 5.97 Å². The zero-order chi connectivity index (χ0) is 15.9. The molecule has 1 amide bonds. The molecule has 0 heterocycles. The molecule has 1 aliphatic rings. The Kier molecular flexibility index (Phi) is 5.69. The fourth-order valence-electron chi connectivity index (χ4n) is 2.48. The third kappa shape index (κ3) is 4.41. The normalized spacial score (nSPS) is 14.2. The van der Waals surface area contributed by atoms with Gasteiger partial charge in [-0.2, -0.15) is 0 Å². The maximum absolute atomic E-state index is 13.0. The van der Waals surface area contributed by atoms with Crippen LogP contribution in [0.4, 0.5) is 4.39 Å². The highest BCUT2D eigenvalue weighted by Gasteiger charge is 2.22. The van der Waals surface area contributed by atoms with Crippen LogP contribution >= 0.6 is 0 Å². The van der Waals surface area contributed by atoms with Crippen molar-refractivity contribution in [3.63, 3.8) is 0 Å². The number of methoxy groups -OCH3 is 1. The molecule has 0 N–H and O–H groups in total. The second-order valence-electron chi connectivity index (χ2n) is 5.30. The van der Waals surface area contributed by atoms with Crippen molar-refractivity contribution in [2.24, 2.45) is 0 Å². The van der Waals surface area contributed by atoms with Gasteiger partial charge in [0.05, 0.1) is 13.7 Å². The molecule has 5 heteroatoms. The molecule has 0 spiro atoms. The van der Waals surface area contributed by atoms with E-state index >= 15 is 0 Å². The summed E-state index contributed by atoms with van der Waals surface area (Å²) in [6, 6.07) is 6.04. The molecule has 0 unspecified atom stereocenters. The van der Waals surface area contributed by atoms with Crippen LogP contribution in [0.3, 0.4) is 0 Å². The molecule has 118 valence electrons. The molecule has 0 saturated carbocycles. The van der Waals surface area contributed by atoms with Gasteiger partial charge in [0.25, 0.3) is 0 Å². The first-order valence-corrected chi connectivity index (χ1v) is 7.41. The summed E-state index contributed by atoms with van der Waals surface area (Å²) in [6.07, 6.45) is 5.64. The Morgan fingerprint density at radius 1 is 1.23 bits per heavy atom. The van der Waals surface area contributed by atoms with Crippen molar-refractivity contribution in [3.05, 3.63) is 47.4 Å². The number of rotatable bonds is 5. The van der Waals surface area contributed by atoms with Gasteiger partial charge in [-0.25, -0.2) is 4.39 Å². The Morgan fingerprint density at radius 2 is 1.95 bits per heavy atom. The Morgan fingerprint density at radius 3 is 2.55 bits per heavy atom. The molecule has 0 fully saturated rings. The summed E-state index contributed by atoms with van der Waals surface area (Å²) in [4.78, 5) is 25.4. The van der Waals surface area contributed by atoms with Crippen molar-refractivity contribution in [2.45, 2.75) is 38.6 Å². The summed E-state index contributed by atoms with van der Waals surface area (Å²) in [5.41, 5.74) is 1.76. The molecule has 22 heavy (non-hydrogen) atoms. The summed E-state index contributed by atoms with van der Waals surface area (Å²) in [5.74, 6) is -1.15. The lowest BCUT2D eigenvalue weighted by Gasteiger charge is -2.27. The Balaban J connectivity index is 2.17. The summed E-state index contributed by atoms with van der Waals surface area (Å²) in [6.45, 7) is 0.335. The van der Waals surface area contributed by atoms with Gasteiger partial charge < -0.3 is 9.64 Å². The van der Waals surface area contributed by atoms with E-state index in [0.717, 1.165) is 36.9 Å². The van der Waals surface area contributed by atoms with Crippen LogP contribution < -0.4 is 0 Å². The largest absolute Gasteiger partial charge is 0.469 e. The van der Waals surface area contributed by atoms with Crippen LogP contribution in [0, 0.1) is 5.82 Å². The topological polar surface area (TPSA) is 46.6 Å². The number of ether oxygens (including phenoxy) is 1. The van der Waals surface area contributed by atoms with Crippen LogP contribution in [0.15, 0.2) is 36.0 Å². The molecule has 2 rings (SSSR count). The van der Waals surface area contributed by atoms with Gasteiger partial charge in [0.15, 0.2) is 0 Å². The fourth-order valence-corrected chi connectivity index (χ4v) is 2.48. The van der Waals surface area contributed by atoms with E-state index in [0.29, 0.717) is 6.54 Å². The van der Waals surface area contributed by atoms with Crippen LogP contribution in [0.2, 0.25) is 0 Å². The molecule has 1 aromatic rings. The minimum atomic E-state index is -0.550. The predicted molar refractivity (Wildman–Crippen MR) is 80.1 cm³/mol. The molecule has 0 aliphatic heterocycles. The number of hydrogen-bond acceptors (Lipinski definition) is 3. The lowest BCUT2D eigenvalue weighted by molar-refractivity contribution is -0.146. The van der Waals surface area contributed by atoms with Gasteiger partial charge in [-0.3, -0.25) is 9.59 Å². The number of amides is 1. The van der Waals surface area contributed by atoms with E-state index in [1.54, 1.807) is 17.0 Å². The van der Waals surface area contributed by atoms with Crippen molar-refractivity contribution in [1.29, 1.82) is 0 Å². The molecule has 0 bridgehead atoms. The summed E-state index contributed by atoms with van der Waals surface area (Å²) >= 11 is 0. The van der Waals surface area contributed by atoms with Crippen LogP contribution in [0.5, 0.6) is 0 Å². The zero-order valence-electron chi connectivity index (χ0n) is 12.7. The van der Waals surface area contributed by atoms with Crippen molar-refractivity contribution >= 4 is 11.9 Å². The van der Waals surface area contributed by atoms with E-state index in [-0.39, 0.29) is 18.1 Å². The number of carbonyl (C=O) groups is 2. The molecule has 0 aromatic heterocycles. The summed E-state index contributed by atoms with van der Waals surface area (Å²) in [7, 11) is 1.26. The predicted octanol–water partition coefficient (Wildman–Crippen LogP) is 3.18. The minimum Gasteiger partial charge on any atom is -0.469 e. The summed E-state index contributed by atoms with van der Waals surface area (Å²) < 4.78 is 17.6. The van der Waals surface area contributed by atoms with Gasteiger partial charge in [-0.05, 0) is 43.4 Å². The molecule has 1 aliphatic carbocycles. The van der Waals surface area contributed by atoms with E-state index < -0.39 is 5.97 Å². The molecular weight excluding hydrogens is 285 g/mol. The number of nitrogens with zero attached hydrogens (tertiary/aromatic N) is 1. The maximum atomic E-state index is 13.0. The first-order chi connectivity index (χ1) is 10.6. The monoisotopic (exact) mass is 305 g/mol. The van der Waals surface area contributed by atoms with Crippen molar-refractivity contribution in [1.82, 2.24) is 4.90 Å². The third-order valence-corrected chi connectivity index (χ3v) is 3.69. The van der Waals surface area contributed by atoms with E-state index in [1.807, 2.05) is 6.08 Å². The lowest BCUT2D eigenvalue weighted by Crippen LogP contribution is -2.32. The molecular formula is C17H20FNO3. The number of esters is 1. The highest BCUT2D eigenvalue weighted by molar-refractivity contribution is 5.95. The van der Waals surface area contributed by atoms with Crippen LogP contribution in [0.25, 0.3) is 0 Å². The quantitative estimate of drug-likeness (QED) is 0.620. The first-order valence-electron chi connectivity index (χ1n) is 7.41. The van der Waals surface area contributed by atoms with Gasteiger partial charge in [-0.15, -0.1) is 0 Å². The van der Waals surface area contributed by atoms with E-state index in [9.17, 15) is 14.0 Å². The third-order valence-electron chi connectivity index (χ3n) is 3.69. The molecule has 1 aromatic carbocycles. The van der Waals surface area contributed by atoms with Gasteiger partial charge in [-0.1, -0.05) is 18.2 Å². The number of allylic oxidation sites excluding steroid dienone is 2. The SMILES string of the molecule is COC(=O)CC(=O)N(Cc1ccc(F)cc1)C1=CCCCC1. The minimum absolute atomic E-state index is 0.283. The van der Waals surface area contributed by atoms with Crippen molar-refractivity contribution in [2.75, 3.05) is 7.11 Å². The standard InChI is InChI=1S/C17H20FNO3/c1-22-17(21)11-16(20)19(15-5-3-2-4-6-15)12-13-7-9-14(18)10-8-13/h5,7-10H,2-4,6,11-12H2,1H3. The van der Waals surface area contributed by atoms with Crippen LogP contribution in [0.1, 0.15) is 37.7 Å². The van der Waals surface area contributed by atoms with Gasteiger partial charge in [0, 0.05) is 5.70 Å². The summed E-state index contributed by atoms with van der Waals surface area (Å²) in [5, 5.41) is 0. The molecule has 0 atom stereocenters. The zero-order valence-corrected chi connectivity index (χ0v) is 12.7. The molecule has 0 saturated heterocycles. The number of carbonyl (C=O) groups excluding carboxylic acids is 2. The Bertz CT molecular complexity index is 566. The number of benzene rings is 1. The fraction of sp³-hybridized carbons (Fsp3) is 0.412. The van der Waals surface area contributed by atoms with Gasteiger partial charge in [0.1, 0.15) is 12.2 Å². The second-order valence-corrected chi connectivity index (χ2v) is 5.30. The smallest absolute Gasteiger partial charge is 0.315 e. The number of halogens is 1. The van der Waals surface area contributed by atoms with E-state index in [1.165, 1.54) is 19.2 Å². The first kappa shape index (κ1) is 16.2. The second kappa shape index (κ2) is 7.73. The van der Waals surface area contributed by atoms with E-state index in [4.69, 9.17) is 0 Å². The van der Waals surface area contributed by atoms with Gasteiger partial charge in [0.2, 0.25) is 5.91 Å². The molecule has 4 nitrogen and oxygen atoms in total.